The van der Waals surface area contributed by atoms with Gasteiger partial charge < -0.3 is 9.64 Å². The van der Waals surface area contributed by atoms with Gasteiger partial charge in [-0.15, -0.1) is 0 Å². The van der Waals surface area contributed by atoms with E-state index in [0.717, 1.165) is 5.56 Å². The highest BCUT2D eigenvalue weighted by atomic mass is 32.2. The normalized spacial score (nSPS) is 18.7. The Labute approximate surface area is 178 Å². The largest absolute Gasteiger partial charge is 0.495 e. The van der Waals surface area contributed by atoms with Gasteiger partial charge >= 0.3 is 0 Å². The van der Waals surface area contributed by atoms with Crippen LogP contribution >= 0.6 is 0 Å². The van der Waals surface area contributed by atoms with Crippen LogP contribution in [0.2, 0.25) is 0 Å². The van der Waals surface area contributed by atoms with Crippen molar-refractivity contribution < 1.29 is 27.5 Å². The molecule has 0 saturated carbocycles. The number of sulfonamides is 1. The van der Waals surface area contributed by atoms with Crippen molar-refractivity contribution in [3.8, 4) is 5.75 Å². The smallest absolute Gasteiger partial charge is 0.255 e. The number of fused-ring (bicyclic) bond motifs is 1. The Hall–Kier alpha value is -3.31. The van der Waals surface area contributed by atoms with Crippen molar-refractivity contribution >= 4 is 27.7 Å². The van der Waals surface area contributed by atoms with Crippen molar-refractivity contribution in [3.63, 3.8) is 0 Å². The number of benzene rings is 1. The Morgan fingerprint density at radius 2 is 2.03 bits per heavy atom. The summed E-state index contributed by atoms with van der Waals surface area (Å²) in [6.07, 6.45) is 3.09. The van der Waals surface area contributed by atoms with Crippen LogP contribution in [0.3, 0.4) is 0 Å². The number of aromatic nitrogens is 1. The molecular weight excluding hydrogens is 424 g/mol. The van der Waals surface area contributed by atoms with Gasteiger partial charge in [-0.25, -0.2) is 13.1 Å². The van der Waals surface area contributed by atoms with E-state index in [0.29, 0.717) is 16.9 Å². The van der Waals surface area contributed by atoms with Gasteiger partial charge in [-0.1, -0.05) is 12.1 Å². The number of nitrogens with one attached hydrogen (secondary N) is 2. The first-order valence-corrected chi connectivity index (χ1v) is 11.0. The molecule has 2 aliphatic rings. The fraction of sp³-hybridized carbons (Fsp3) is 0.300. The molecular formula is C20H20N4O6S. The lowest BCUT2D eigenvalue weighted by atomic mass is 10.0. The zero-order valence-corrected chi connectivity index (χ0v) is 17.4. The molecule has 10 nitrogen and oxygen atoms in total. The Bertz CT molecular complexity index is 1180. The molecule has 1 unspecified atom stereocenters. The highest BCUT2D eigenvalue weighted by Gasteiger charge is 2.39. The average molecular weight is 444 g/mol. The molecule has 0 spiro atoms. The van der Waals surface area contributed by atoms with Crippen LogP contribution in [0.1, 0.15) is 34.3 Å². The van der Waals surface area contributed by atoms with Crippen LogP contribution in [0, 0.1) is 0 Å². The second kappa shape index (κ2) is 8.08. The minimum atomic E-state index is -3.83. The molecule has 0 radical (unpaired) electrons. The van der Waals surface area contributed by atoms with Crippen LogP contribution in [0.15, 0.2) is 41.6 Å². The van der Waals surface area contributed by atoms with Crippen LogP contribution in [0.25, 0.3) is 0 Å². The maximum atomic E-state index is 12.9. The molecule has 1 saturated heterocycles. The zero-order valence-electron chi connectivity index (χ0n) is 16.6. The molecule has 0 bridgehead atoms. The monoisotopic (exact) mass is 444 g/mol. The number of hydrogen-bond acceptors (Lipinski definition) is 7. The second-order valence-corrected chi connectivity index (χ2v) is 9.04. The lowest BCUT2D eigenvalue weighted by molar-refractivity contribution is -0.136. The molecule has 1 atom stereocenters. The second-order valence-electron chi connectivity index (χ2n) is 7.28. The number of pyridine rings is 1. The summed E-state index contributed by atoms with van der Waals surface area (Å²) in [4.78, 5) is 41.6. The lowest BCUT2D eigenvalue weighted by Gasteiger charge is -2.29. The molecule has 31 heavy (non-hydrogen) atoms. The fourth-order valence-corrected chi connectivity index (χ4v) is 4.63. The maximum Gasteiger partial charge on any atom is 0.255 e. The molecule has 2 aromatic rings. The SMILES string of the molecule is COc1cncc(S(=O)(=O)NCc2ccc3c(c2)C(=O)N(C2CCC(=O)NC2=O)C3)c1. The Balaban J connectivity index is 1.48. The number of rotatable bonds is 6. The summed E-state index contributed by atoms with van der Waals surface area (Å²) in [7, 11) is -2.41. The summed E-state index contributed by atoms with van der Waals surface area (Å²) in [6.45, 7) is 0.237. The van der Waals surface area contributed by atoms with Crippen LogP contribution < -0.4 is 14.8 Å². The Morgan fingerprint density at radius 3 is 2.77 bits per heavy atom. The molecule has 1 aromatic carbocycles. The minimum absolute atomic E-state index is 0.0292. The highest BCUT2D eigenvalue weighted by molar-refractivity contribution is 7.89. The van der Waals surface area contributed by atoms with Crippen LogP contribution in [-0.2, 0) is 32.7 Å². The average Bonchev–Trinajstić information content (AvgIpc) is 3.08. The van der Waals surface area contributed by atoms with Crippen molar-refractivity contribution in [1.29, 1.82) is 0 Å². The van der Waals surface area contributed by atoms with Crippen LogP contribution in [0.4, 0.5) is 0 Å². The lowest BCUT2D eigenvalue weighted by Crippen LogP contribution is -2.52. The molecule has 1 fully saturated rings. The number of piperidine rings is 1. The maximum absolute atomic E-state index is 12.9. The van der Waals surface area contributed by atoms with Crippen molar-refractivity contribution in [1.82, 2.24) is 19.9 Å². The number of amides is 3. The first kappa shape index (κ1) is 20.9. The predicted molar refractivity (Wildman–Crippen MR) is 107 cm³/mol. The molecule has 3 amide bonds. The summed E-state index contributed by atoms with van der Waals surface area (Å²) in [6, 6.07) is 5.76. The van der Waals surface area contributed by atoms with Gasteiger partial charge in [-0.3, -0.25) is 24.7 Å². The van der Waals surface area contributed by atoms with Gasteiger partial charge in [0.05, 0.1) is 13.3 Å². The number of nitrogens with zero attached hydrogens (tertiary/aromatic N) is 2. The number of imide groups is 1. The zero-order chi connectivity index (χ0) is 22.2. The Morgan fingerprint density at radius 1 is 1.23 bits per heavy atom. The van der Waals surface area contributed by atoms with Gasteiger partial charge in [-0.2, -0.15) is 0 Å². The molecule has 3 heterocycles. The molecule has 1 aromatic heterocycles. The first-order chi connectivity index (χ1) is 14.8. The fourth-order valence-electron chi connectivity index (χ4n) is 3.63. The molecule has 0 aliphatic carbocycles. The summed E-state index contributed by atoms with van der Waals surface area (Å²) in [5.74, 6) is -0.811. The number of hydrogen-bond donors (Lipinski definition) is 2. The van der Waals surface area contributed by atoms with E-state index in [-0.39, 0.29) is 42.6 Å². The van der Waals surface area contributed by atoms with Crippen molar-refractivity contribution in [2.24, 2.45) is 0 Å². The van der Waals surface area contributed by atoms with Gasteiger partial charge in [0.2, 0.25) is 21.8 Å². The number of methoxy groups -OCH3 is 1. The van der Waals surface area contributed by atoms with Crippen molar-refractivity contribution in [2.45, 2.75) is 36.9 Å². The number of ether oxygens (including phenoxy) is 1. The molecule has 11 heteroatoms. The summed E-state index contributed by atoms with van der Waals surface area (Å²) in [5, 5.41) is 2.26. The van der Waals surface area contributed by atoms with E-state index in [4.69, 9.17) is 4.74 Å². The summed E-state index contributed by atoms with van der Waals surface area (Å²) in [5.41, 5.74) is 1.76. The van der Waals surface area contributed by atoms with Gasteiger partial charge in [0.15, 0.2) is 0 Å². The van der Waals surface area contributed by atoms with E-state index < -0.39 is 22.0 Å². The van der Waals surface area contributed by atoms with Crippen LogP contribution in [0.5, 0.6) is 5.75 Å². The van der Waals surface area contributed by atoms with E-state index in [2.05, 4.69) is 15.0 Å². The highest BCUT2D eigenvalue weighted by Crippen LogP contribution is 2.28. The third-order valence-corrected chi connectivity index (χ3v) is 6.66. The third kappa shape index (κ3) is 4.14. The summed E-state index contributed by atoms with van der Waals surface area (Å²) < 4.78 is 32.6. The van der Waals surface area contributed by atoms with Gasteiger partial charge in [0, 0.05) is 37.3 Å². The van der Waals surface area contributed by atoms with E-state index in [1.807, 2.05) is 0 Å². The third-order valence-electron chi connectivity index (χ3n) is 5.29. The van der Waals surface area contributed by atoms with E-state index in [1.165, 1.54) is 30.5 Å². The minimum Gasteiger partial charge on any atom is -0.495 e. The summed E-state index contributed by atoms with van der Waals surface area (Å²) >= 11 is 0. The first-order valence-electron chi connectivity index (χ1n) is 9.53. The predicted octanol–water partition coefficient (Wildman–Crippen LogP) is 0.330. The molecule has 162 valence electrons. The number of carbonyl (C=O) groups excluding carboxylic acids is 3. The molecule has 4 rings (SSSR count). The van der Waals surface area contributed by atoms with E-state index >= 15 is 0 Å². The standard InChI is InChI=1S/C20H20N4O6S/c1-30-14-7-15(10-21-9-14)31(28,29)22-8-12-2-3-13-11-24(20(27)16(13)6-12)17-4-5-18(25)23-19(17)26/h2-3,6-7,9-10,17,22H,4-5,8,11H2,1H3,(H,23,25,26). The van der Waals surface area contributed by atoms with E-state index in [1.54, 1.807) is 18.2 Å². The number of carbonyl (C=O) groups is 3. The van der Waals surface area contributed by atoms with Gasteiger partial charge in [0.1, 0.15) is 16.7 Å². The van der Waals surface area contributed by atoms with E-state index in [9.17, 15) is 22.8 Å². The van der Waals surface area contributed by atoms with Crippen molar-refractivity contribution in [3.05, 3.63) is 53.3 Å². The van der Waals surface area contributed by atoms with Crippen LogP contribution in [-0.4, -0.2) is 49.2 Å². The topological polar surface area (TPSA) is 135 Å². The molecule has 2 aliphatic heterocycles. The molecule has 2 N–H and O–H groups in total. The van der Waals surface area contributed by atoms with Crippen molar-refractivity contribution in [2.75, 3.05) is 7.11 Å². The van der Waals surface area contributed by atoms with Gasteiger partial charge in [0.25, 0.3) is 5.91 Å². The quantitative estimate of drug-likeness (QED) is 0.613. The Kier molecular flexibility index (Phi) is 5.46. The van der Waals surface area contributed by atoms with Gasteiger partial charge in [-0.05, 0) is 23.6 Å².